The molecule has 0 aliphatic carbocycles. The first-order valence-electron chi connectivity index (χ1n) is 8.19. The third-order valence-corrected chi connectivity index (χ3v) is 5.18. The lowest BCUT2D eigenvalue weighted by Crippen LogP contribution is -2.22. The molecule has 1 aliphatic heterocycles. The van der Waals surface area contributed by atoms with E-state index in [1.807, 2.05) is 37.3 Å². The van der Waals surface area contributed by atoms with Crippen molar-refractivity contribution in [3.63, 3.8) is 0 Å². The number of nitrogens with zero attached hydrogens (tertiary/aromatic N) is 3. The number of rotatable bonds is 2. The van der Waals surface area contributed by atoms with Crippen LogP contribution in [0, 0.1) is 18.3 Å². The topological polar surface area (TPSA) is 76.9 Å². The fourth-order valence-corrected chi connectivity index (χ4v) is 3.95. The molecule has 0 saturated carbocycles. The molecule has 2 aromatic carbocycles. The molecular formula is C20H14Cl2N4O. The number of ether oxygens (including phenoxy) is 1. The second-order valence-electron chi connectivity index (χ2n) is 6.11. The lowest BCUT2D eigenvalue weighted by molar-refractivity contribution is 0.367. The Morgan fingerprint density at radius 3 is 2.37 bits per heavy atom. The minimum atomic E-state index is -0.558. The van der Waals surface area contributed by atoms with Crippen molar-refractivity contribution < 1.29 is 4.74 Å². The minimum Gasteiger partial charge on any atom is -0.422 e. The van der Waals surface area contributed by atoms with E-state index in [4.69, 9.17) is 33.7 Å². The van der Waals surface area contributed by atoms with Crippen molar-refractivity contribution in [3.8, 4) is 17.6 Å². The Labute approximate surface area is 166 Å². The smallest absolute Gasteiger partial charge is 0.229 e. The SMILES string of the molecule is Cc1nn(-c2ccccc2)c2c1C(c1c(Cl)cccc1Cl)C(C#N)=C(N)O2. The third kappa shape index (κ3) is 2.74. The maximum Gasteiger partial charge on any atom is 0.229 e. The molecule has 134 valence electrons. The van der Waals surface area contributed by atoms with E-state index in [2.05, 4.69) is 11.2 Å². The van der Waals surface area contributed by atoms with Gasteiger partial charge in [-0.2, -0.15) is 10.4 Å². The molecule has 3 aromatic rings. The Balaban J connectivity index is 2.02. The third-order valence-electron chi connectivity index (χ3n) is 4.52. The van der Waals surface area contributed by atoms with Crippen LogP contribution >= 0.6 is 23.2 Å². The van der Waals surface area contributed by atoms with E-state index in [-0.39, 0.29) is 11.5 Å². The summed E-state index contributed by atoms with van der Waals surface area (Å²) in [5.74, 6) is -0.0864. The van der Waals surface area contributed by atoms with Crippen LogP contribution in [0.2, 0.25) is 10.0 Å². The molecule has 5 nitrogen and oxygen atoms in total. The molecule has 0 spiro atoms. The highest BCUT2D eigenvalue weighted by Gasteiger charge is 2.38. The van der Waals surface area contributed by atoms with Gasteiger partial charge >= 0.3 is 0 Å². The van der Waals surface area contributed by atoms with Crippen LogP contribution in [0.1, 0.15) is 22.7 Å². The normalized spacial score (nSPS) is 15.9. The molecule has 1 atom stereocenters. The molecule has 1 unspecified atom stereocenters. The van der Waals surface area contributed by atoms with Gasteiger partial charge in [-0.15, -0.1) is 0 Å². The first-order valence-corrected chi connectivity index (χ1v) is 8.95. The maximum atomic E-state index is 9.73. The maximum absolute atomic E-state index is 9.73. The van der Waals surface area contributed by atoms with E-state index in [0.717, 1.165) is 11.3 Å². The Morgan fingerprint density at radius 2 is 1.74 bits per heavy atom. The monoisotopic (exact) mass is 396 g/mol. The number of allylic oxidation sites excluding steroid dienone is 1. The van der Waals surface area contributed by atoms with Crippen molar-refractivity contribution in [2.24, 2.45) is 5.73 Å². The molecule has 0 fully saturated rings. The average molecular weight is 397 g/mol. The molecule has 27 heavy (non-hydrogen) atoms. The number of nitriles is 1. The van der Waals surface area contributed by atoms with Crippen LogP contribution < -0.4 is 10.5 Å². The number of hydrogen-bond acceptors (Lipinski definition) is 4. The van der Waals surface area contributed by atoms with Crippen LogP contribution in [0.4, 0.5) is 0 Å². The number of hydrogen-bond donors (Lipinski definition) is 1. The van der Waals surface area contributed by atoms with Gasteiger partial charge in [-0.3, -0.25) is 0 Å². The zero-order valence-corrected chi connectivity index (χ0v) is 15.8. The predicted molar refractivity (Wildman–Crippen MR) is 104 cm³/mol. The molecule has 0 saturated heterocycles. The molecule has 0 amide bonds. The summed E-state index contributed by atoms with van der Waals surface area (Å²) in [6.07, 6.45) is 0. The largest absolute Gasteiger partial charge is 0.422 e. The lowest BCUT2D eigenvalue weighted by Gasteiger charge is -2.26. The van der Waals surface area contributed by atoms with Gasteiger partial charge in [-0.25, -0.2) is 4.68 Å². The molecule has 4 rings (SSSR count). The number of benzene rings is 2. The summed E-state index contributed by atoms with van der Waals surface area (Å²) < 4.78 is 7.49. The van der Waals surface area contributed by atoms with Crippen LogP contribution in [0.15, 0.2) is 60.0 Å². The first-order chi connectivity index (χ1) is 13.0. The number of aryl methyl sites for hydroxylation is 1. The van der Waals surface area contributed by atoms with Gasteiger partial charge in [0.25, 0.3) is 0 Å². The molecule has 2 N–H and O–H groups in total. The molecule has 7 heteroatoms. The van der Waals surface area contributed by atoms with Gasteiger partial charge in [0.15, 0.2) is 0 Å². The van der Waals surface area contributed by atoms with Gasteiger partial charge in [0.05, 0.1) is 22.9 Å². The highest BCUT2D eigenvalue weighted by molar-refractivity contribution is 6.36. The van der Waals surface area contributed by atoms with E-state index in [1.54, 1.807) is 22.9 Å². The first kappa shape index (κ1) is 17.5. The molecule has 0 bridgehead atoms. The van der Waals surface area contributed by atoms with Crippen molar-refractivity contribution in [1.82, 2.24) is 9.78 Å². The van der Waals surface area contributed by atoms with Crippen LogP contribution in [0.25, 0.3) is 5.69 Å². The number of fused-ring (bicyclic) bond motifs is 1. The van der Waals surface area contributed by atoms with Crippen molar-refractivity contribution in [1.29, 1.82) is 5.26 Å². The summed E-state index contributed by atoms with van der Waals surface area (Å²) in [4.78, 5) is 0. The van der Waals surface area contributed by atoms with E-state index >= 15 is 0 Å². The van der Waals surface area contributed by atoms with Crippen molar-refractivity contribution in [3.05, 3.63) is 86.9 Å². The van der Waals surface area contributed by atoms with Gasteiger partial charge < -0.3 is 10.5 Å². The van der Waals surface area contributed by atoms with Gasteiger partial charge in [0.1, 0.15) is 11.6 Å². The van der Waals surface area contributed by atoms with Crippen LogP contribution in [0.5, 0.6) is 5.88 Å². The zero-order chi connectivity index (χ0) is 19.1. The van der Waals surface area contributed by atoms with Crippen molar-refractivity contribution >= 4 is 23.2 Å². The summed E-state index contributed by atoms with van der Waals surface area (Å²) in [6, 6.07) is 16.9. The fraction of sp³-hybridized carbons (Fsp3) is 0.100. The number of nitrogens with two attached hydrogens (primary N) is 1. The van der Waals surface area contributed by atoms with E-state index in [0.29, 0.717) is 27.2 Å². The Bertz CT molecular complexity index is 1090. The summed E-state index contributed by atoms with van der Waals surface area (Å²) in [7, 11) is 0. The lowest BCUT2D eigenvalue weighted by atomic mass is 9.84. The van der Waals surface area contributed by atoms with Crippen LogP contribution in [-0.2, 0) is 0 Å². The molecule has 1 aliphatic rings. The summed E-state index contributed by atoms with van der Waals surface area (Å²) in [5, 5.41) is 15.3. The summed E-state index contributed by atoms with van der Waals surface area (Å²) >= 11 is 12.9. The van der Waals surface area contributed by atoms with Gasteiger partial charge in [-0.05, 0) is 31.2 Å². The predicted octanol–water partition coefficient (Wildman–Crippen LogP) is 4.71. The highest BCUT2D eigenvalue weighted by atomic mass is 35.5. The second kappa shape index (κ2) is 6.66. The fourth-order valence-electron chi connectivity index (χ4n) is 3.33. The molecule has 2 heterocycles. The van der Waals surface area contributed by atoms with E-state index in [1.165, 1.54) is 0 Å². The average Bonchev–Trinajstić information content (AvgIpc) is 2.98. The van der Waals surface area contributed by atoms with Crippen molar-refractivity contribution in [2.75, 3.05) is 0 Å². The van der Waals surface area contributed by atoms with Crippen LogP contribution in [0.3, 0.4) is 0 Å². The van der Waals surface area contributed by atoms with Crippen molar-refractivity contribution in [2.45, 2.75) is 12.8 Å². The highest BCUT2D eigenvalue weighted by Crippen LogP contribution is 2.48. The second-order valence-corrected chi connectivity index (χ2v) is 6.93. The van der Waals surface area contributed by atoms with E-state index in [9.17, 15) is 5.26 Å². The number of aromatic nitrogens is 2. The standard InChI is InChI=1S/C20H14Cl2N4O/c1-11-16-17(18-14(21)8-5-9-15(18)22)13(10-23)19(24)27-20(16)26(25-11)12-6-3-2-4-7-12/h2-9,17H,24H2,1H3. The Kier molecular flexibility index (Phi) is 4.31. The molecule has 1 aromatic heterocycles. The Hall–Kier alpha value is -2.94. The summed E-state index contributed by atoms with van der Waals surface area (Å²) in [5.41, 5.74) is 9.21. The van der Waals surface area contributed by atoms with E-state index < -0.39 is 5.92 Å². The van der Waals surface area contributed by atoms with Gasteiger partial charge in [-0.1, -0.05) is 47.5 Å². The summed E-state index contributed by atoms with van der Waals surface area (Å²) in [6.45, 7) is 1.86. The van der Waals surface area contributed by atoms with Gasteiger partial charge in [0, 0.05) is 15.6 Å². The quantitative estimate of drug-likeness (QED) is 0.680. The molecular weight excluding hydrogens is 383 g/mol. The number of halogens is 2. The Morgan fingerprint density at radius 1 is 1.07 bits per heavy atom. The molecule has 0 radical (unpaired) electrons. The zero-order valence-electron chi connectivity index (χ0n) is 14.3. The van der Waals surface area contributed by atoms with Crippen LogP contribution in [-0.4, -0.2) is 9.78 Å². The number of para-hydroxylation sites is 1. The minimum absolute atomic E-state index is 0.0167. The van der Waals surface area contributed by atoms with Gasteiger partial charge in [0.2, 0.25) is 11.8 Å².